The van der Waals surface area contributed by atoms with Crippen molar-refractivity contribution in [3.05, 3.63) is 107 Å². The van der Waals surface area contributed by atoms with Crippen LogP contribution in [-0.4, -0.2) is 12.5 Å². The molecule has 4 rings (SSSR count). The number of nitrogens with one attached hydrogen (secondary N) is 1. The van der Waals surface area contributed by atoms with Crippen molar-refractivity contribution in [2.45, 2.75) is 6.54 Å². The van der Waals surface area contributed by atoms with Crippen molar-refractivity contribution in [1.29, 1.82) is 0 Å². The molecule has 3 aromatic carbocycles. The number of nitrogens with zero attached hydrogens (tertiary/aromatic N) is 1. The van der Waals surface area contributed by atoms with Gasteiger partial charge in [-0.3, -0.25) is 15.2 Å². The molecule has 150 valence electrons. The van der Waals surface area contributed by atoms with Gasteiger partial charge in [-0.1, -0.05) is 48.5 Å². The first-order chi connectivity index (χ1) is 14.7. The number of para-hydroxylation sites is 1. The predicted molar refractivity (Wildman–Crippen MR) is 115 cm³/mol. The molecule has 1 N–H and O–H groups in total. The van der Waals surface area contributed by atoms with Crippen LogP contribution in [0.15, 0.2) is 100 Å². The van der Waals surface area contributed by atoms with Gasteiger partial charge in [0.2, 0.25) is 0 Å². The first-order valence-electron chi connectivity index (χ1n) is 9.50. The van der Waals surface area contributed by atoms with E-state index in [-0.39, 0.29) is 12.5 Å². The average molecular weight is 400 g/mol. The fourth-order valence-corrected chi connectivity index (χ4v) is 3.03. The van der Waals surface area contributed by atoms with Crippen molar-refractivity contribution in [2.75, 3.05) is 11.6 Å². The van der Waals surface area contributed by atoms with E-state index in [1.54, 1.807) is 29.3 Å². The van der Waals surface area contributed by atoms with Gasteiger partial charge in [0.15, 0.2) is 6.61 Å². The van der Waals surface area contributed by atoms with Crippen molar-refractivity contribution >= 4 is 22.6 Å². The van der Waals surface area contributed by atoms with Gasteiger partial charge in [-0.25, -0.2) is 4.79 Å². The van der Waals surface area contributed by atoms with E-state index in [0.717, 1.165) is 16.6 Å². The third-order valence-corrected chi connectivity index (χ3v) is 4.48. The standard InChI is InChI=1S/C24H20N2O4/c27-23(17-29-21-13-11-19-12-14-24(28)30-22(19)15-21)25-26(20-9-5-2-6-10-20)16-18-7-3-1-4-8-18/h1-15H,16-17H2,(H,25,27). The highest BCUT2D eigenvalue weighted by Crippen LogP contribution is 2.19. The molecule has 1 aromatic heterocycles. The topological polar surface area (TPSA) is 71.8 Å². The molecule has 0 unspecified atom stereocenters. The molecule has 1 amide bonds. The Labute approximate surface area is 173 Å². The molecule has 30 heavy (non-hydrogen) atoms. The highest BCUT2D eigenvalue weighted by molar-refractivity contribution is 5.80. The minimum absolute atomic E-state index is 0.180. The van der Waals surface area contributed by atoms with Crippen LogP contribution < -0.4 is 20.8 Å². The average Bonchev–Trinajstić information content (AvgIpc) is 2.78. The first-order valence-corrected chi connectivity index (χ1v) is 9.50. The summed E-state index contributed by atoms with van der Waals surface area (Å²) in [5.74, 6) is 0.144. The Hall–Kier alpha value is -4.06. The van der Waals surface area contributed by atoms with Gasteiger partial charge in [-0.05, 0) is 35.9 Å². The molecule has 6 heteroatoms. The number of benzene rings is 3. The molecule has 0 spiro atoms. The van der Waals surface area contributed by atoms with Crippen LogP contribution in [0.3, 0.4) is 0 Å². The van der Waals surface area contributed by atoms with Gasteiger partial charge >= 0.3 is 5.63 Å². The molecular formula is C24H20N2O4. The largest absolute Gasteiger partial charge is 0.484 e. The van der Waals surface area contributed by atoms with Crippen LogP contribution in [-0.2, 0) is 11.3 Å². The lowest BCUT2D eigenvalue weighted by atomic mass is 10.2. The van der Waals surface area contributed by atoms with Gasteiger partial charge in [-0.2, -0.15) is 0 Å². The number of rotatable bonds is 7. The third-order valence-electron chi connectivity index (χ3n) is 4.48. The number of amides is 1. The fourth-order valence-electron chi connectivity index (χ4n) is 3.03. The van der Waals surface area contributed by atoms with Gasteiger partial charge in [0.1, 0.15) is 11.3 Å². The number of carbonyl (C=O) groups is 1. The Morgan fingerprint density at radius 1 is 0.900 bits per heavy atom. The second-order valence-corrected chi connectivity index (χ2v) is 6.69. The van der Waals surface area contributed by atoms with E-state index in [2.05, 4.69) is 5.43 Å². The quantitative estimate of drug-likeness (QED) is 0.376. The van der Waals surface area contributed by atoms with Crippen molar-refractivity contribution in [1.82, 2.24) is 5.43 Å². The molecule has 0 bridgehead atoms. The fraction of sp³-hybridized carbons (Fsp3) is 0.0833. The maximum Gasteiger partial charge on any atom is 0.336 e. The number of carbonyl (C=O) groups excluding carboxylic acids is 1. The lowest BCUT2D eigenvalue weighted by molar-refractivity contribution is -0.123. The minimum atomic E-state index is -0.434. The van der Waals surface area contributed by atoms with Crippen molar-refractivity contribution < 1.29 is 13.9 Å². The van der Waals surface area contributed by atoms with Gasteiger partial charge in [0.05, 0.1) is 12.2 Å². The molecule has 0 saturated heterocycles. The molecule has 0 aliphatic heterocycles. The van der Waals surface area contributed by atoms with E-state index in [1.165, 1.54) is 6.07 Å². The highest BCUT2D eigenvalue weighted by Gasteiger charge is 2.12. The summed E-state index contributed by atoms with van der Waals surface area (Å²) in [6, 6.07) is 27.6. The number of hydrogen-bond acceptors (Lipinski definition) is 5. The molecule has 4 aromatic rings. The van der Waals surface area contributed by atoms with Gasteiger partial charge in [0, 0.05) is 17.5 Å². The molecule has 0 aliphatic rings. The van der Waals surface area contributed by atoms with Crippen LogP contribution in [0.5, 0.6) is 5.75 Å². The summed E-state index contributed by atoms with van der Waals surface area (Å²) in [6.45, 7) is 0.332. The lowest BCUT2D eigenvalue weighted by Crippen LogP contribution is -2.44. The van der Waals surface area contributed by atoms with Crippen LogP contribution in [0.25, 0.3) is 11.0 Å². The molecule has 0 aliphatic carbocycles. The summed E-state index contributed by atoms with van der Waals surface area (Å²) in [5, 5.41) is 2.56. The van der Waals surface area contributed by atoms with Crippen LogP contribution in [0.2, 0.25) is 0 Å². The lowest BCUT2D eigenvalue weighted by Gasteiger charge is -2.25. The zero-order chi connectivity index (χ0) is 20.8. The van der Waals surface area contributed by atoms with Crippen LogP contribution in [0, 0.1) is 0 Å². The second kappa shape index (κ2) is 8.96. The second-order valence-electron chi connectivity index (χ2n) is 6.69. The summed E-state index contributed by atoms with van der Waals surface area (Å²) in [7, 11) is 0. The zero-order valence-corrected chi connectivity index (χ0v) is 16.2. The molecule has 0 saturated carbocycles. The Morgan fingerprint density at radius 3 is 2.37 bits per heavy atom. The third kappa shape index (κ3) is 4.86. The number of hydrogen-bond donors (Lipinski definition) is 1. The Kier molecular flexibility index (Phi) is 5.75. The van der Waals surface area contributed by atoms with Gasteiger partial charge in [0.25, 0.3) is 5.91 Å². The molecular weight excluding hydrogens is 380 g/mol. The number of ether oxygens (including phenoxy) is 1. The highest BCUT2D eigenvalue weighted by atomic mass is 16.5. The Balaban J connectivity index is 1.44. The van der Waals surface area contributed by atoms with Crippen LogP contribution >= 0.6 is 0 Å². The summed E-state index contributed by atoms with van der Waals surface area (Å²) in [4.78, 5) is 23.9. The van der Waals surface area contributed by atoms with E-state index in [1.807, 2.05) is 60.7 Å². The first kappa shape index (κ1) is 19.3. The molecule has 1 heterocycles. The molecule has 0 radical (unpaired) electrons. The van der Waals surface area contributed by atoms with Crippen LogP contribution in [0.1, 0.15) is 5.56 Å². The smallest absolute Gasteiger partial charge is 0.336 e. The van der Waals surface area contributed by atoms with Crippen molar-refractivity contribution in [2.24, 2.45) is 0 Å². The maximum atomic E-state index is 12.6. The molecule has 0 fully saturated rings. The van der Waals surface area contributed by atoms with E-state index in [0.29, 0.717) is 17.9 Å². The SMILES string of the molecule is O=C(COc1ccc2ccc(=O)oc2c1)NN(Cc1ccccc1)c1ccccc1. The van der Waals surface area contributed by atoms with E-state index < -0.39 is 5.63 Å². The van der Waals surface area contributed by atoms with Crippen molar-refractivity contribution in [3.63, 3.8) is 0 Å². The van der Waals surface area contributed by atoms with Crippen LogP contribution in [0.4, 0.5) is 5.69 Å². The summed E-state index contributed by atoms with van der Waals surface area (Å²) in [6.07, 6.45) is 0. The Bertz CT molecular complexity index is 1190. The van der Waals surface area contributed by atoms with E-state index >= 15 is 0 Å². The number of hydrazine groups is 1. The number of anilines is 1. The monoisotopic (exact) mass is 400 g/mol. The van der Waals surface area contributed by atoms with Gasteiger partial charge in [-0.15, -0.1) is 0 Å². The summed E-state index contributed by atoms with van der Waals surface area (Å²) < 4.78 is 10.8. The number of fused-ring (bicyclic) bond motifs is 1. The normalized spacial score (nSPS) is 10.5. The van der Waals surface area contributed by atoms with Crippen molar-refractivity contribution in [3.8, 4) is 5.75 Å². The van der Waals surface area contributed by atoms with E-state index in [9.17, 15) is 9.59 Å². The van der Waals surface area contributed by atoms with Gasteiger partial charge < -0.3 is 9.15 Å². The zero-order valence-electron chi connectivity index (χ0n) is 16.2. The summed E-state index contributed by atoms with van der Waals surface area (Å²) >= 11 is 0. The molecule has 0 atom stereocenters. The minimum Gasteiger partial charge on any atom is -0.484 e. The predicted octanol–water partition coefficient (Wildman–Crippen LogP) is 3.91. The maximum absolute atomic E-state index is 12.6. The van der Waals surface area contributed by atoms with E-state index in [4.69, 9.17) is 9.15 Å². The molecule has 6 nitrogen and oxygen atoms in total. The summed E-state index contributed by atoms with van der Waals surface area (Å²) in [5.41, 5.74) is 4.80. The Morgan fingerprint density at radius 2 is 1.60 bits per heavy atom.